The largest absolute Gasteiger partial charge is 1.00 e. The number of halogens is 2. The average molecular weight is 857 g/mol. The van der Waals surface area contributed by atoms with Gasteiger partial charge in [-0.1, -0.05) is 0 Å². The van der Waals surface area contributed by atoms with Crippen LogP contribution < -0.4 is 44.3 Å². The summed E-state index contributed by atoms with van der Waals surface area (Å²) in [5.74, 6) is 1.48. The number of fused-ring (bicyclic) bond motifs is 1. The summed E-state index contributed by atoms with van der Waals surface area (Å²) in [6.07, 6.45) is -0.264. The Balaban J connectivity index is 0.00000325. The number of hydrogen-bond acceptors (Lipinski definition) is 5. The number of ether oxygens (including phenoxy) is 1. The van der Waals surface area contributed by atoms with Crippen LogP contribution in [-0.2, 0) is 21.5 Å². The van der Waals surface area contributed by atoms with Crippen molar-refractivity contribution in [3.05, 3.63) is 118 Å². The zero-order valence-electron chi connectivity index (χ0n) is 32.9. The second-order valence-electron chi connectivity index (χ2n) is 15.1. The number of anilines is 3. The molecule has 1 fully saturated rings. The molecule has 0 aromatic heterocycles. The van der Waals surface area contributed by atoms with Crippen LogP contribution in [0.4, 0.5) is 17.1 Å². The number of benzene rings is 4. The van der Waals surface area contributed by atoms with Crippen LogP contribution in [0.2, 0.25) is 0 Å². The second-order valence-corrected chi connectivity index (χ2v) is 17.1. The standard InChI is InChI=1S/C27H39N2.C18H15NO3.2ClH.Ru/c1-18(2)22-11-9-12-23(19(3)4)26(22)28-15-16-29(17-28)27-24(20(5)6)13-10-14-25(27)21(7)8;1-3-15-18(21)19(17(20)13-9-5-4-6-10-13)14-11-7-8-12(2)16(14)22-15;;;/h9-14,17-21H,15-16H2,1-8H3;2,4-11,15H,3H2,1H3;2*1H;/q;;;;+2/p-2. The van der Waals surface area contributed by atoms with Crippen LogP contribution >= 0.6 is 0 Å². The second kappa shape index (κ2) is 18.4. The molecule has 0 N–H and O–H groups in total. The van der Waals surface area contributed by atoms with Gasteiger partial charge in [0.25, 0.3) is 0 Å². The summed E-state index contributed by atoms with van der Waals surface area (Å²) in [6, 6.07) is 28.6. The zero-order chi connectivity index (χ0) is 37.3. The predicted octanol–water partition coefficient (Wildman–Crippen LogP) is 4.08. The Labute approximate surface area is 342 Å². The van der Waals surface area contributed by atoms with Gasteiger partial charge in [-0.05, 0) is 0 Å². The number of nitrogens with zero attached hydrogens (tertiary/aromatic N) is 3. The molecule has 0 saturated carbocycles. The van der Waals surface area contributed by atoms with E-state index in [4.69, 9.17) is 4.74 Å². The first-order chi connectivity index (χ1) is 24.9. The number of carbonyl (C=O) groups excluding carboxylic acids is 2. The molecule has 2 heterocycles. The van der Waals surface area contributed by atoms with Crippen LogP contribution in [0.1, 0.15) is 131 Å². The molecule has 6 nitrogen and oxygen atoms in total. The Hall–Kier alpha value is -3.51. The van der Waals surface area contributed by atoms with E-state index >= 15 is 0 Å². The molecule has 2 aliphatic rings. The van der Waals surface area contributed by atoms with Gasteiger partial charge in [0, 0.05) is 0 Å². The molecule has 6 rings (SSSR count). The number of rotatable bonds is 10. The molecular formula is C45H54Cl2N3O3Ru. The first kappa shape index (κ1) is 43.2. The summed E-state index contributed by atoms with van der Waals surface area (Å²) in [6.45, 7) is 22.2. The average Bonchev–Trinajstić information content (AvgIpc) is 3.55. The Morgan fingerprint density at radius 2 is 1.17 bits per heavy atom. The quantitative estimate of drug-likeness (QED) is 0.178. The predicted molar refractivity (Wildman–Crippen MR) is 212 cm³/mol. The fourth-order valence-corrected chi connectivity index (χ4v) is 10.0. The number of para-hydroxylation sites is 3. The minimum absolute atomic E-state index is 0. The van der Waals surface area contributed by atoms with Crippen LogP contribution in [-0.4, -0.2) is 40.4 Å². The van der Waals surface area contributed by atoms with E-state index in [-0.39, 0.29) is 41.4 Å². The summed E-state index contributed by atoms with van der Waals surface area (Å²) in [4.78, 5) is 34.3. The van der Waals surface area contributed by atoms with Gasteiger partial charge in [-0.2, -0.15) is 0 Å². The van der Waals surface area contributed by atoms with E-state index in [1.165, 1.54) is 38.5 Å². The van der Waals surface area contributed by atoms with Gasteiger partial charge in [0.15, 0.2) is 0 Å². The minimum Gasteiger partial charge on any atom is -1.00 e. The fraction of sp³-hybridized carbons (Fsp3) is 0.400. The van der Waals surface area contributed by atoms with Crippen LogP contribution in [0.15, 0.2) is 84.9 Å². The van der Waals surface area contributed by atoms with Crippen molar-refractivity contribution < 1.29 is 55.8 Å². The number of hydrogen-bond donors (Lipinski definition) is 0. The molecule has 4 aromatic carbocycles. The van der Waals surface area contributed by atoms with E-state index in [0.29, 0.717) is 47.1 Å². The summed E-state index contributed by atoms with van der Waals surface area (Å²) in [5, 5.41) is 0. The number of carbonyl (C=O) groups is 2. The molecule has 0 radical (unpaired) electrons. The normalized spacial score (nSPS) is 16.0. The van der Waals surface area contributed by atoms with Crippen molar-refractivity contribution in [2.45, 2.75) is 103 Å². The van der Waals surface area contributed by atoms with E-state index in [0.717, 1.165) is 18.7 Å². The van der Waals surface area contributed by atoms with Gasteiger partial charge in [-0.25, -0.2) is 0 Å². The van der Waals surface area contributed by atoms with Crippen LogP contribution in [0.3, 0.4) is 0 Å². The van der Waals surface area contributed by atoms with Gasteiger partial charge in [0.05, 0.1) is 0 Å². The maximum atomic E-state index is 13.9. The Morgan fingerprint density at radius 3 is 1.61 bits per heavy atom. The summed E-state index contributed by atoms with van der Waals surface area (Å²) in [5.41, 5.74) is 10.2. The summed E-state index contributed by atoms with van der Waals surface area (Å²) in [7, 11) is 0. The molecule has 1 saturated heterocycles. The van der Waals surface area contributed by atoms with E-state index in [9.17, 15) is 9.59 Å². The zero-order valence-corrected chi connectivity index (χ0v) is 36.2. The van der Waals surface area contributed by atoms with Crippen molar-refractivity contribution in [3.63, 3.8) is 0 Å². The molecule has 289 valence electrons. The van der Waals surface area contributed by atoms with Gasteiger partial charge in [-0.15, -0.1) is 0 Å². The van der Waals surface area contributed by atoms with Crippen LogP contribution in [0, 0.1) is 0 Å². The Bertz CT molecular complexity index is 1840. The molecule has 0 aliphatic carbocycles. The molecular weight excluding hydrogens is 802 g/mol. The van der Waals surface area contributed by atoms with Gasteiger partial charge in [0.1, 0.15) is 0 Å². The van der Waals surface area contributed by atoms with Crippen LogP contribution in [0.5, 0.6) is 5.75 Å². The summed E-state index contributed by atoms with van der Waals surface area (Å²) < 4.78 is 8.97. The fourth-order valence-electron chi connectivity index (χ4n) is 7.51. The number of imide groups is 1. The van der Waals surface area contributed by atoms with Crippen molar-refractivity contribution in [1.29, 1.82) is 0 Å². The first-order valence-electron chi connectivity index (χ1n) is 18.9. The molecule has 2 amide bonds. The molecule has 0 bridgehead atoms. The third-order valence-electron chi connectivity index (χ3n) is 10.2. The molecule has 4 aromatic rings. The van der Waals surface area contributed by atoms with Crippen molar-refractivity contribution >= 4 is 33.5 Å². The van der Waals surface area contributed by atoms with E-state index in [1.54, 1.807) is 12.1 Å². The van der Waals surface area contributed by atoms with Crippen molar-refractivity contribution in [2.75, 3.05) is 27.8 Å². The maximum absolute atomic E-state index is 13.9. The van der Waals surface area contributed by atoms with Gasteiger partial charge < -0.3 is 24.8 Å². The molecule has 0 spiro atoms. The van der Waals surface area contributed by atoms with Gasteiger partial charge in [-0.3, -0.25) is 0 Å². The van der Waals surface area contributed by atoms with Crippen LogP contribution in [0.25, 0.3) is 0 Å². The van der Waals surface area contributed by atoms with E-state index < -0.39 is 22.8 Å². The van der Waals surface area contributed by atoms with E-state index in [1.807, 2.05) is 37.3 Å². The smallest absolute Gasteiger partial charge is 1.00 e. The molecule has 2 aliphatic heterocycles. The topological polar surface area (TPSA) is 53.1 Å². The minimum atomic E-state index is -0.733. The van der Waals surface area contributed by atoms with Crippen molar-refractivity contribution in [1.82, 2.24) is 0 Å². The summed E-state index contributed by atoms with van der Waals surface area (Å²) >= 11 is -0.429. The van der Waals surface area contributed by atoms with Crippen molar-refractivity contribution in [3.8, 4) is 5.75 Å². The van der Waals surface area contributed by atoms with Gasteiger partial charge in [0.2, 0.25) is 0 Å². The third kappa shape index (κ3) is 8.34. The Morgan fingerprint density at radius 1 is 0.704 bits per heavy atom. The monoisotopic (exact) mass is 856 g/mol. The first-order valence-corrected chi connectivity index (χ1v) is 20.9. The SMILES string of the molecule is CCC1Oc2c(/[CH]=[Ru+2]/[CH]3N(c4c(C(C)C)cccc4C(C)C)CCN3c3c(C(C)C)cccc3C(C)C)cccc2N(C(=O)c2ccccc2)C1=O.[Cl-].[Cl-]. The molecule has 54 heavy (non-hydrogen) atoms. The number of amides is 2. The van der Waals surface area contributed by atoms with E-state index in [2.05, 4.69) is 112 Å². The molecule has 1 atom stereocenters. The molecule has 9 heteroatoms. The van der Waals surface area contributed by atoms with Crippen molar-refractivity contribution in [2.24, 2.45) is 0 Å². The maximum Gasteiger partial charge on any atom is -1.00 e. The third-order valence-corrected chi connectivity index (χ3v) is 12.7. The Kier molecular flexibility index (Phi) is 14.7. The van der Waals surface area contributed by atoms with Gasteiger partial charge >= 0.3 is 320 Å². The molecule has 1 unspecified atom stereocenters.